The van der Waals surface area contributed by atoms with E-state index in [1.807, 2.05) is 22.9 Å². The number of rotatable bonds is 9. The second-order valence-electron chi connectivity index (χ2n) is 10.8. The summed E-state index contributed by atoms with van der Waals surface area (Å²) in [6, 6.07) is 1.63. The van der Waals surface area contributed by atoms with Gasteiger partial charge in [0.1, 0.15) is 12.6 Å². The molecule has 3 heterocycles. The summed E-state index contributed by atoms with van der Waals surface area (Å²) in [5.74, 6) is 0.223. The Bertz CT molecular complexity index is 1070. The number of hydrogen-bond acceptors (Lipinski definition) is 5. The molecular weight excluding hydrogens is 448 g/mol. The number of amides is 3. The Morgan fingerprint density at radius 3 is 2.21 bits per heavy atom. The number of aliphatic hydroxyl groups is 1. The first kappa shape index (κ1) is 24.9. The largest absolute Gasteiger partial charge is 0.413 e. The van der Waals surface area contributed by atoms with E-state index in [4.69, 9.17) is 9.41 Å². The van der Waals surface area contributed by atoms with Crippen LogP contribution in [-0.2, 0) is 9.22 Å². The number of anilines is 1. The molecule has 0 bridgehead atoms. The number of imide groups is 1. The van der Waals surface area contributed by atoms with E-state index in [9.17, 15) is 14.7 Å². The highest BCUT2D eigenvalue weighted by Gasteiger charge is 2.45. The molecule has 2 aromatic rings. The van der Waals surface area contributed by atoms with Crippen LogP contribution in [0.25, 0.3) is 5.65 Å². The summed E-state index contributed by atoms with van der Waals surface area (Å²) < 4.78 is 8.48. The van der Waals surface area contributed by atoms with Gasteiger partial charge in [-0.1, -0.05) is 41.5 Å². The zero-order chi connectivity index (χ0) is 24.9. The first-order valence-corrected chi connectivity index (χ1v) is 14.5. The van der Waals surface area contributed by atoms with Gasteiger partial charge >= 0.3 is 6.03 Å². The topological polar surface area (TPSA) is 87.4 Å². The molecule has 1 aliphatic heterocycles. The lowest BCUT2D eigenvalue weighted by molar-refractivity contribution is -0.123. The SMILES string of the molecule is CC(C)[Si](OCC(O)c1cn2cc(C3CC3)cc(N3CC(=O)N(C)C3=O)c2n1)(C(C)C)C(C)C. The quantitative estimate of drug-likeness (QED) is 0.405. The highest BCUT2D eigenvalue weighted by atomic mass is 28.4. The lowest BCUT2D eigenvalue weighted by atomic mass is 10.1. The van der Waals surface area contributed by atoms with Crippen molar-refractivity contribution in [1.29, 1.82) is 0 Å². The van der Waals surface area contributed by atoms with Gasteiger partial charge in [0.25, 0.3) is 0 Å². The summed E-state index contributed by atoms with van der Waals surface area (Å²) >= 11 is 0. The summed E-state index contributed by atoms with van der Waals surface area (Å²) in [6.45, 7) is 13.5. The van der Waals surface area contributed by atoms with Crippen LogP contribution in [0.3, 0.4) is 0 Å². The number of likely N-dealkylation sites (N-methyl/N-ethyl adjacent to an activating group) is 1. The molecule has 4 rings (SSSR count). The van der Waals surface area contributed by atoms with Crippen LogP contribution in [0.5, 0.6) is 0 Å². The molecule has 1 unspecified atom stereocenters. The van der Waals surface area contributed by atoms with Crippen LogP contribution < -0.4 is 4.90 Å². The Kier molecular flexibility index (Phi) is 6.65. The Morgan fingerprint density at radius 1 is 1.09 bits per heavy atom. The Balaban J connectivity index is 1.67. The minimum atomic E-state index is -2.12. The molecule has 3 amide bonds. The van der Waals surface area contributed by atoms with Crippen molar-refractivity contribution in [3.63, 3.8) is 0 Å². The van der Waals surface area contributed by atoms with Crippen molar-refractivity contribution in [3.05, 3.63) is 29.7 Å². The first-order valence-electron chi connectivity index (χ1n) is 12.4. The number of urea groups is 1. The van der Waals surface area contributed by atoms with Crippen molar-refractivity contribution >= 4 is 31.6 Å². The van der Waals surface area contributed by atoms with Gasteiger partial charge in [-0.15, -0.1) is 0 Å². The smallest absolute Gasteiger partial charge is 0.331 e. The third kappa shape index (κ3) is 4.18. The average Bonchev–Trinajstić information content (AvgIpc) is 3.48. The van der Waals surface area contributed by atoms with Crippen LogP contribution >= 0.6 is 0 Å². The highest BCUT2D eigenvalue weighted by molar-refractivity contribution is 6.77. The molecule has 8 nitrogen and oxygen atoms in total. The van der Waals surface area contributed by atoms with E-state index >= 15 is 0 Å². The van der Waals surface area contributed by atoms with Crippen molar-refractivity contribution in [3.8, 4) is 0 Å². The second-order valence-corrected chi connectivity index (χ2v) is 16.3. The molecule has 2 fully saturated rings. The van der Waals surface area contributed by atoms with Crippen LogP contribution in [0.4, 0.5) is 10.5 Å². The summed E-state index contributed by atoms with van der Waals surface area (Å²) in [5, 5.41) is 11.1. The van der Waals surface area contributed by atoms with E-state index in [1.54, 1.807) is 0 Å². The number of fused-ring (bicyclic) bond motifs is 1. The average molecular weight is 487 g/mol. The fraction of sp³-hybridized carbons (Fsp3) is 0.640. The van der Waals surface area contributed by atoms with Crippen LogP contribution in [0.2, 0.25) is 16.6 Å². The molecule has 1 aliphatic carbocycles. The van der Waals surface area contributed by atoms with Gasteiger partial charge in [-0.25, -0.2) is 9.78 Å². The molecule has 1 N–H and O–H groups in total. The molecule has 34 heavy (non-hydrogen) atoms. The summed E-state index contributed by atoms with van der Waals surface area (Å²) in [4.78, 5) is 32.3. The zero-order valence-electron chi connectivity index (χ0n) is 21.4. The number of nitrogens with zero attached hydrogens (tertiary/aromatic N) is 4. The zero-order valence-corrected chi connectivity index (χ0v) is 22.4. The molecule has 1 saturated heterocycles. The maximum absolute atomic E-state index is 12.7. The van der Waals surface area contributed by atoms with E-state index in [0.29, 0.717) is 39.6 Å². The number of aliphatic hydroxyl groups excluding tert-OH is 1. The van der Waals surface area contributed by atoms with E-state index in [1.165, 1.54) is 11.9 Å². The van der Waals surface area contributed by atoms with Crippen LogP contribution in [0, 0.1) is 0 Å². The van der Waals surface area contributed by atoms with Gasteiger partial charge in [-0.2, -0.15) is 0 Å². The second kappa shape index (κ2) is 9.09. The summed E-state index contributed by atoms with van der Waals surface area (Å²) in [5.41, 5.74) is 4.08. The molecule has 2 aromatic heterocycles. The third-order valence-corrected chi connectivity index (χ3v) is 13.7. The number of carbonyl (C=O) groups excluding carboxylic acids is 2. The van der Waals surface area contributed by atoms with Crippen LogP contribution in [0.1, 0.15) is 77.7 Å². The van der Waals surface area contributed by atoms with Gasteiger partial charge in [-0.3, -0.25) is 14.6 Å². The Hall–Kier alpha value is -2.23. The van der Waals surface area contributed by atoms with E-state index in [0.717, 1.165) is 23.3 Å². The van der Waals surface area contributed by atoms with Gasteiger partial charge in [0.2, 0.25) is 5.91 Å². The number of imidazole rings is 1. The monoisotopic (exact) mass is 486 g/mol. The minimum absolute atomic E-state index is 0.00173. The third-order valence-electron chi connectivity index (χ3n) is 7.64. The van der Waals surface area contributed by atoms with Crippen LogP contribution in [-0.4, -0.2) is 59.8 Å². The molecule has 186 valence electrons. The molecule has 9 heteroatoms. The standard InChI is InChI=1S/C25H38N4O4Si/c1-15(2)34(16(3)4,17(5)6)33-14-22(30)20-12-28-11-19(18-8-9-18)10-21(24(28)26-20)29-13-23(31)27(7)25(29)32/h10-12,15-18,22,30H,8-9,13-14H2,1-7H3. The fourth-order valence-electron chi connectivity index (χ4n) is 5.71. The van der Waals surface area contributed by atoms with Crippen molar-refractivity contribution < 1.29 is 19.1 Å². The Labute approximate surface area is 203 Å². The summed E-state index contributed by atoms with van der Waals surface area (Å²) in [7, 11) is -0.626. The molecular formula is C25H38N4O4Si. The lowest BCUT2D eigenvalue weighted by Gasteiger charge is -2.42. The molecule has 1 saturated carbocycles. The Morgan fingerprint density at radius 2 is 1.71 bits per heavy atom. The normalized spacial score (nSPS) is 18.4. The van der Waals surface area contributed by atoms with E-state index in [2.05, 4.69) is 41.5 Å². The van der Waals surface area contributed by atoms with Gasteiger partial charge in [-0.05, 0) is 47.0 Å². The number of carbonyl (C=O) groups is 2. The van der Waals surface area contributed by atoms with Crippen molar-refractivity contribution in [2.45, 2.75) is 83.0 Å². The number of aromatic nitrogens is 2. The predicted molar refractivity (Wildman–Crippen MR) is 135 cm³/mol. The maximum Gasteiger partial charge on any atom is 0.331 e. The number of hydrogen-bond donors (Lipinski definition) is 1. The molecule has 0 radical (unpaired) electrons. The highest BCUT2D eigenvalue weighted by Crippen LogP contribution is 2.44. The summed E-state index contributed by atoms with van der Waals surface area (Å²) in [6.07, 6.45) is 5.21. The maximum atomic E-state index is 12.7. The van der Waals surface area contributed by atoms with E-state index < -0.39 is 14.4 Å². The predicted octanol–water partition coefficient (Wildman–Crippen LogP) is 4.84. The number of pyridine rings is 1. The molecule has 2 aliphatic rings. The van der Waals surface area contributed by atoms with Gasteiger partial charge in [0.05, 0.1) is 18.0 Å². The van der Waals surface area contributed by atoms with Gasteiger partial charge in [0.15, 0.2) is 14.0 Å². The van der Waals surface area contributed by atoms with Crippen molar-refractivity contribution in [2.75, 3.05) is 25.1 Å². The van der Waals surface area contributed by atoms with E-state index in [-0.39, 0.29) is 25.1 Å². The van der Waals surface area contributed by atoms with Crippen molar-refractivity contribution in [1.82, 2.24) is 14.3 Å². The van der Waals surface area contributed by atoms with Gasteiger partial charge in [0, 0.05) is 19.4 Å². The van der Waals surface area contributed by atoms with Crippen LogP contribution in [0.15, 0.2) is 18.5 Å². The minimum Gasteiger partial charge on any atom is -0.413 e. The molecule has 0 aromatic carbocycles. The molecule has 0 spiro atoms. The first-order chi connectivity index (χ1) is 16.0. The molecule has 1 atom stereocenters. The van der Waals surface area contributed by atoms with Gasteiger partial charge < -0.3 is 13.9 Å². The fourth-order valence-corrected chi connectivity index (χ4v) is 11.2. The lowest BCUT2D eigenvalue weighted by Crippen LogP contribution is -2.48. The van der Waals surface area contributed by atoms with Crippen molar-refractivity contribution in [2.24, 2.45) is 0 Å².